The first-order chi connectivity index (χ1) is 7.66. The molecule has 2 heterocycles. The largest absolute Gasteiger partial charge is 0.308 e. The molecule has 0 fully saturated rings. The molecule has 0 saturated carbocycles. The number of aryl methyl sites for hydroxylation is 1. The lowest BCUT2D eigenvalue weighted by Gasteiger charge is -2.02. The van der Waals surface area contributed by atoms with Crippen LogP contribution in [0.1, 0.15) is 16.0 Å². The summed E-state index contributed by atoms with van der Waals surface area (Å²) in [5, 5.41) is 7.86. The lowest BCUT2D eigenvalue weighted by atomic mass is 10.2. The minimum absolute atomic E-state index is 0.921. The Morgan fingerprint density at radius 2 is 2.06 bits per heavy atom. The van der Waals surface area contributed by atoms with Gasteiger partial charge in [0.15, 0.2) is 0 Å². The highest BCUT2D eigenvalue weighted by atomic mass is 79.9. The summed E-state index contributed by atoms with van der Waals surface area (Å²) in [6, 6.07) is 2.15. The molecule has 2 rings (SSSR count). The summed E-state index contributed by atoms with van der Waals surface area (Å²) in [7, 11) is 0. The molecule has 0 amide bonds. The Labute approximate surface area is 120 Å². The molecule has 0 aliphatic carbocycles. The molecular weight excluding hydrogens is 370 g/mol. The van der Waals surface area contributed by atoms with E-state index >= 15 is 0 Å². The number of hydrogen-bond acceptors (Lipinski definition) is 3. The molecule has 5 heteroatoms. The van der Waals surface area contributed by atoms with E-state index in [0.29, 0.717) is 0 Å². The third kappa shape index (κ3) is 3.17. The van der Waals surface area contributed by atoms with Crippen LogP contribution < -0.4 is 5.32 Å². The van der Waals surface area contributed by atoms with Gasteiger partial charge in [0.1, 0.15) is 0 Å². The fourth-order valence-electron chi connectivity index (χ4n) is 1.37. The molecule has 0 aromatic carbocycles. The predicted octanol–water partition coefficient (Wildman–Crippen LogP) is 4.93. The molecule has 0 unspecified atom stereocenters. The van der Waals surface area contributed by atoms with Gasteiger partial charge in [-0.3, -0.25) is 0 Å². The summed E-state index contributed by atoms with van der Waals surface area (Å²) in [6.45, 7) is 4.03. The van der Waals surface area contributed by atoms with Crippen LogP contribution in [-0.2, 0) is 13.1 Å². The van der Waals surface area contributed by atoms with Crippen LogP contribution in [0.4, 0.5) is 0 Å². The van der Waals surface area contributed by atoms with E-state index in [2.05, 4.69) is 60.9 Å². The highest BCUT2D eigenvalue weighted by Crippen LogP contribution is 2.32. The number of halogens is 2. The summed E-state index contributed by atoms with van der Waals surface area (Å²) in [6.07, 6.45) is 0. The van der Waals surface area contributed by atoms with E-state index in [-0.39, 0.29) is 0 Å². The van der Waals surface area contributed by atoms with Crippen LogP contribution >= 0.6 is 54.5 Å². The first-order valence-corrected chi connectivity index (χ1v) is 8.17. The van der Waals surface area contributed by atoms with Gasteiger partial charge in [-0.1, -0.05) is 0 Å². The molecule has 16 heavy (non-hydrogen) atoms. The SMILES string of the molecule is Cc1cscc1CNCc1cc(Br)c(Br)s1. The van der Waals surface area contributed by atoms with Crippen molar-refractivity contribution < 1.29 is 0 Å². The first-order valence-electron chi connectivity index (χ1n) is 4.83. The second-order valence-corrected chi connectivity index (χ2v) is 7.57. The maximum absolute atomic E-state index is 3.50. The monoisotopic (exact) mass is 379 g/mol. The Morgan fingerprint density at radius 3 is 2.62 bits per heavy atom. The van der Waals surface area contributed by atoms with E-state index in [1.807, 2.05) is 0 Å². The summed E-state index contributed by atoms with van der Waals surface area (Å²) < 4.78 is 2.30. The summed E-state index contributed by atoms with van der Waals surface area (Å²) in [5.41, 5.74) is 2.78. The van der Waals surface area contributed by atoms with Gasteiger partial charge >= 0.3 is 0 Å². The Bertz CT molecular complexity index is 457. The summed E-state index contributed by atoms with van der Waals surface area (Å²) >= 11 is 10.5. The zero-order valence-electron chi connectivity index (χ0n) is 8.72. The Morgan fingerprint density at radius 1 is 1.25 bits per heavy atom. The number of rotatable bonds is 4. The number of nitrogens with one attached hydrogen (secondary N) is 1. The van der Waals surface area contributed by atoms with Gasteiger partial charge < -0.3 is 5.32 Å². The maximum Gasteiger partial charge on any atom is 0.0843 e. The average molecular weight is 381 g/mol. The number of hydrogen-bond donors (Lipinski definition) is 1. The van der Waals surface area contributed by atoms with Crippen molar-refractivity contribution in [1.82, 2.24) is 5.32 Å². The Kier molecular flexibility index (Phi) is 4.61. The first kappa shape index (κ1) is 12.8. The van der Waals surface area contributed by atoms with E-state index in [4.69, 9.17) is 0 Å². The van der Waals surface area contributed by atoms with E-state index in [0.717, 1.165) is 21.3 Å². The normalized spacial score (nSPS) is 10.9. The molecule has 1 N–H and O–H groups in total. The molecule has 2 aromatic rings. The van der Waals surface area contributed by atoms with Crippen LogP contribution in [0.5, 0.6) is 0 Å². The highest BCUT2D eigenvalue weighted by molar-refractivity contribution is 9.13. The van der Waals surface area contributed by atoms with Gasteiger partial charge in [-0.15, -0.1) is 11.3 Å². The van der Waals surface area contributed by atoms with Crippen molar-refractivity contribution in [3.63, 3.8) is 0 Å². The molecule has 0 radical (unpaired) electrons. The maximum atomic E-state index is 3.50. The third-order valence-corrected chi connectivity index (χ3v) is 6.44. The molecule has 86 valence electrons. The second kappa shape index (κ2) is 5.78. The summed E-state index contributed by atoms with van der Waals surface area (Å²) in [4.78, 5) is 1.34. The van der Waals surface area contributed by atoms with Gasteiger partial charge in [0.2, 0.25) is 0 Å². The van der Waals surface area contributed by atoms with Gasteiger partial charge in [-0.2, -0.15) is 11.3 Å². The molecular formula is C11H11Br2NS2. The zero-order valence-corrected chi connectivity index (χ0v) is 13.5. The van der Waals surface area contributed by atoms with Crippen LogP contribution in [0, 0.1) is 6.92 Å². The topological polar surface area (TPSA) is 12.0 Å². The third-order valence-electron chi connectivity index (χ3n) is 2.27. The van der Waals surface area contributed by atoms with Crippen molar-refractivity contribution >= 4 is 54.5 Å². The van der Waals surface area contributed by atoms with Gasteiger partial charge in [0, 0.05) is 22.4 Å². The van der Waals surface area contributed by atoms with Crippen LogP contribution in [0.15, 0.2) is 25.1 Å². The zero-order chi connectivity index (χ0) is 11.5. The fourth-order valence-corrected chi connectivity index (χ4v) is 4.37. The lowest BCUT2D eigenvalue weighted by Crippen LogP contribution is -2.11. The standard InChI is InChI=1S/C11H11Br2NS2/c1-7-5-15-6-8(7)3-14-4-9-2-10(12)11(13)16-9/h2,5-6,14H,3-4H2,1H3. The van der Waals surface area contributed by atoms with Gasteiger partial charge in [-0.05, 0) is 66.7 Å². The molecule has 0 spiro atoms. The molecule has 0 bridgehead atoms. The van der Waals surface area contributed by atoms with Crippen LogP contribution in [-0.4, -0.2) is 0 Å². The molecule has 1 nitrogen and oxygen atoms in total. The predicted molar refractivity (Wildman–Crippen MR) is 79.3 cm³/mol. The number of thiophene rings is 2. The highest BCUT2D eigenvalue weighted by Gasteiger charge is 2.04. The average Bonchev–Trinajstić information content (AvgIpc) is 2.76. The molecule has 0 aliphatic heterocycles. The Hall–Kier alpha value is 0.320. The van der Waals surface area contributed by atoms with E-state index in [1.54, 1.807) is 22.7 Å². The van der Waals surface area contributed by atoms with E-state index < -0.39 is 0 Å². The molecule has 0 aliphatic rings. The molecule has 0 atom stereocenters. The Balaban J connectivity index is 1.87. The van der Waals surface area contributed by atoms with Crippen molar-refractivity contribution in [2.24, 2.45) is 0 Å². The van der Waals surface area contributed by atoms with Crippen molar-refractivity contribution in [3.8, 4) is 0 Å². The van der Waals surface area contributed by atoms with Crippen molar-refractivity contribution in [2.45, 2.75) is 20.0 Å². The smallest absolute Gasteiger partial charge is 0.0843 e. The van der Waals surface area contributed by atoms with Crippen LogP contribution in [0.2, 0.25) is 0 Å². The van der Waals surface area contributed by atoms with Crippen molar-refractivity contribution in [2.75, 3.05) is 0 Å². The van der Waals surface area contributed by atoms with E-state index in [1.165, 1.54) is 16.0 Å². The minimum Gasteiger partial charge on any atom is -0.308 e. The fraction of sp³-hybridized carbons (Fsp3) is 0.273. The second-order valence-electron chi connectivity index (χ2n) is 3.52. The summed E-state index contributed by atoms with van der Waals surface area (Å²) in [5.74, 6) is 0. The van der Waals surface area contributed by atoms with Gasteiger partial charge in [0.05, 0.1) is 3.79 Å². The minimum atomic E-state index is 0.921. The van der Waals surface area contributed by atoms with Crippen molar-refractivity contribution in [1.29, 1.82) is 0 Å². The quantitative estimate of drug-likeness (QED) is 0.792. The van der Waals surface area contributed by atoms with Crippen LogP contribution in [0.3, 0.4) is 0 Å². The van der Waals surface area contributed by atoms with Crippen LogP contribution in [0.25, 0.3) is 0 Å². The van der Waals surface area contributed by atoms with Crippen molar-refractivity contribution in [3.05, 3.63) is 41.1 Å². The molecule has 0 saturated heterocycles. The lowest BCUT2D eigenvalue weighted by molar-refractivity contribution is 0.700. The van der Waals surface area contributed by atoms with Gasteiger partial charge in [0.25, 0.3) is 0 Å². The molecule has 2 aromatic heterocycles. The van der Waals surface area contributed by atoms with Gasteiger partial charge in [-0.25, -0.2) is 0 Å². The van der Waals surface area contributed by atoms with E-state index in [9.17, 15) is 0 Å².